The molecule has 0 spiro atoms. The van der Waals surface area contributed by atoms with Crippen LogP contribution in [0.2, 0.25) is 0 Å². The molecule has 0 bridgehead atoms. The largest absolute Gasteiger partial charge is 0.472 e. The highest BCUT2D eigenvalue weighted by atomic mass is 31.2. The van der Waals surface area contributed by atoms with Crippen LogP contribution in [0.3, 0.4) is 0 Å². The summed E-state index contributed by atoms with van der Waals surface area (Å²) >= 11 is 0. The molecule has 0 aliphatic rings. The van der Waals surface area contributed by atoms with Crippen LogP contribution < -0.4 is 0 Å². The number of quaternary nitrogens is 1. The first-order valence-electron chi connectivity index (χ1n) is 15.5. The van der Waals surface area contributed by atoms with Crippen LogP contribution >= 0.6 is 7.82 Å². The SMILES string of the molecule is C/C=C/CCCCCCCC(=O)O[C@H](COC(=O)CCCCCCC/C=C\CC)COP(=O)(O)OCC[N+](C)(C)C. The predicted molar refractivity (Wildman–Crippen MR) is 164 cm³/mol. The number of phosphoric ester groups is 1. The van der Waals surface area contributed by atoms with Crippen LogP contribution in [0, 0.1) is 0 Å². The van der Waals surface area contributed by atoms with Crippen molar-refractivity contribution >= 4 is 19.8 Å². The molecule has 1 N–H and O–H groups in total. The Hall–Kier alpha value is -1.51. The molecule has 0 aliphatic heterocycles. The van der Waals surface area contributed by atoms with Gasteiger partial charge in [-0.2, -0.15) is 0 Å². The van der Waals surface area contributed by atoms with Crippen LogP contribution in [0.1, 0.15) is 110 Å². The van der Waals surface area contributed by atoms with Crippen LogP contribution in [0.5, 0.6) is 0 Å². The first-order chi connectivity index (χ1) is 19.5. The minimum absolute atomic E-state index is 0.0287. The van der Waals surface area contributed by atoms with Crippen molar-refractivity contribution < 1.29 is 42.1 Å². The Morgan fingerprint density at radius 2 is 1.34 bits per heavy atom. The predicted octanol–water partition coefficient (Wildman–Crippen LogP) is 7.28. The number of allylic oxidation sites excluding steroid dienone is 4. The fraction of sp³-hybridized carbons (Fsp3) is 0.806. The van der Waals surface area contributed by atoms with E-state index >= 15 is 0 Å². The second-order valence-corrected chi connectivity index (χ2v) is 12.9. The molecule has 0 aromatic rings. The van der Waals surface area contributed by atoms with Crippen molar-refractivity contribution in [2.24, 2.45) is 0 Å². The number of ether oxygens (including phenoxy) is 2. The van der Waals surface area contributed by atoms with Gasteiger partial charge in [-0.1, -0.05) is 69.8 Å². The average Bonchev–Trinajstić information content (AvgIpc) is 2.90. The molecule has 1 unspecified atom stereocenters. The van der Waals surface area contributed by atoms with Gasteiger partial charge in [0.15, 0.2) is 6.10 Å². The van der Waals surface area contributed by atoms with Crippen molar-refractivity contribution in [3.8, 4) is 0 Å². The summed E-state index contributed by atoms with van der Waals surface area (Å²) in [6.45, 7) is 4.03. The number of carbonyl (C=O) groups is 2. The van der Waals surface area contributed by atoms with Gasteiger partial charge in [-0.05, 0) is 51.9 Å². The molecule has 0 heterocycles. The number of unbranched alkanes of at least 4 members (excludes halogenated alkanes) is 10. The fourth-order valence-corrected chi connectivity index (χ4v) is 4.58. The molecule has 240 valence electrons. The van der Waals surface area contributed by atoms with Gasteiger partial charge in [0, 0.05) is 12.8 Å². The summed E-state index contributed by atoms with van der Waals surface area (Å²) in [5, 5.41) is 0. The minimum Gasteiger partial charge on any atom is -0.462 e. The van der Waals surface area contributed by atoms with Gasteiger partial charge < -0.3 is 18.9 Å². The maximum absolute atomic E-state index is 12.4. The molecule has 0 aromatic carbocycles. The first kappa shape index (κ1) is 39.5. The number of hydrogen-bond donors (Lipinski definition) is 1. The zero-order valence-electron chi connectivity index (χ0n) is 26.5. The Morgan fingerprint density at radius 1 is 0.780 bits per heavy atom. The van der Waals surface area contributed by atoms with Crippen LogP contribution in [-0.4, -0.2) is 74.9 Å². The zero-order chi connectivity index (χ0) is 30.8. The second kappa shape index (κ2) is 25.0. The molecule has 0 aliphatic carbocycles. The lowest BCUT2D eigenvalue weighted by atomic mass is 10.1. The van der Waals surface area contributed by atoms with E-state index in [1.165, 1.54) is 0 Å². The van der Waals surface area contributed by atoms with E-state index in [1.54, 1.807) is 0 Å². The molecular formula is C31H59NO8P+. The topological polar surface area (TPSA) is 108 Å². The Morgan fingerprint density at radius 3 is 1.93 bits per heavy atom. The number of phosphoric acid groups is 1. The highest BCUT2D eigenvalue weighted by Gasteiger charge is 2.27. The normalized spacial score (nSPS) is 14.4. The average molecular weight is 605 g/mol. The summed E-state index contributed by atoms with van der Waals surface area (Å²) in [6, 6.07) is 0. The van der Waals surface area contributed by atoms with Crippen LogP contribution in [0.4, 0.5) is 0 Å². The van der Waals surface area contributed by atoms with Gasteiger partial charge in [0.05, 0.1) is 27.7 Å². The maximum Gasteiger partial charge on any atom is 0.472 e. The smallest absolute Gasteiger partial charge is 0.462 e. The molecule has 0 amide bonds. The molecule has 9 nitrogen and oxygen atoms in total. The number of nitrogens with zero attached hydrogens (tertiary/aromatic N) is 1. The van der Waals surface area contributed by atoms with E-state index in [2.05, 4.69) is 31.2 Å². The monoisotopic (exact) mass is 604 g/mol. The fourth-order valence-electron chi connectivity index (χ4n) is 3.84. The molecule has 0 saturated carbocycles. The maximum atomic E-state index is 12.4. The van der Waals surface area contributed by atoms with E-state index in [1.807, 2.05) is 28.1 Å². The standard InChI is InChI=1S/C31H58NO8P/c1-6-8-10-12-14-16-18-19-21-23-30(33)37-27-29(28-39-41(35,36)38-26-25-32(3,4)5)40-31(34)24-22-20-17-15-13-11-9-7-2/h7-10,29H,6,11-28H2,1-5H3/p+1/b9-7+,10-8-/t29-/m1/s1. The number of rotatable bonds is 27. The van der Waals surface area contributed by atoms with E-state index in [0.29, 0.717) is 17.4 Å². The molecule has 0 saturated heterocycles. The summed E-state index contributed by atoms with van der Waals surface area (Å²) in [7, 11) is 1.46. The summed E-state index contributed by atoms with van der Waals surface area (Å²) in [5.41, 5.74) is 0. The van der Waals surface area contributed by atoms with Crippen molar-refractivity contribution in [3.63, 3.8) is 0 Å². The van der Waals surface area contributed by atoms with Gasteiger partial charge in [0.1, 0.15) is 19.8 Å². The third kappa shape index (κ3) is 28.4. The van der Waals surface area contributed by atoms with Crippen molar-refractivity contribution in [1.29, 1.82) is 0 Å². The van der Waals surface area contributed by atoms with E-state index in [0.717, 1.165) is 77.0 Å². The Balaban J connectivity index is 4.56. The van der Waals surface area contributed by atoms with Crippen molar-refractivity contribution in [2.75, 3.05) is 47.5 Å². The highest BCUT2D eigenvalue weighted by Crippen LogP contribution is 2.43. The third-order valence-electron chi connectivity index (χ3n) is 6.31. The van der Waals surface area contributed by atoms with Crippen LogP contribution in [0.25, 0.3) is 0 Å². The summed E-state index contributed by atoms with van der Waals surface area (Å²) < 4.78 is 33.8. The van der Waals surface area contributed by atoms with Gasteiger partial charge in [-0.15, -0.1) is 0 Å². The zero-order valence-corrected chi connectivity index (χ0v) is 27.4. The number of hydrogen-bond acceptors (Lipinski definition) is 7. The van der Waals surface area contributed by atoms with Crippen LogP contribution in [-0.2, 0) is 32.7 Å². The van der Waals surface area contributed by atoms with Gasteiger partial charge in [-0.3, -0.25) is 18.6 Å². The second-order valence-electron chi connectivity index (χ2n) is 11.5. The van der Waals surface area contributed by atoms with Crippen molar-refractivity contribution in [1.82, 2.24) is 0 Å². The van der Waals surface area contributed by atoms with Gasteiger partial charge in [0.2, 0.25) is 0 Å². The minimum atomic E-state index is -4.35. The molecule has 10 heteroatoms. The Bertz CT molecular complexity index is 779. The van der Waals surface area contributed by atoms with E-state index in [9.17, 15) is 19.0 Å². The molecule has 0 fully saturated rings. The van der Waals surface area contributed by atoms with Gasteiger partial charge in [0.25, 0.3) is 0 Å². The van der Waals surface area contributed by atoms with E-state index in [-0.39, 0.29) is 32.0 Å². The van der Waals surface area contributed by atoms with E-state index in [4.69, 9.17) is 18.5 Å². The lowest BCUT2D eigenvalue weighted by molar-refractivity contribution is -0.870. The molecule has 2 atom stereocenters. The van der Waals surface area contributed by atoms with E-state index < -0.39 is 26.5 Å². The Labute approximate surface area is 249 Å². The van der Waals surface area contributed by atoms with Gasteiger partial charge >= 0.3 is 19.8 Å². The van der Waals surface area contributed by atoms with Crippen molar-refractivity contribution in [2.45, 2.75) is 116 Å². The Kier molecular flexibility index (Phi) is 24.1. The first-order valence-corrected chi connectivity index (χ1v) is 17.0. The third-order valence-corrected chi connectivity index (χ3v) is 7.29. The van der Waals surface area contributed by atoms with Crippen LogP contribution in [0.15, 0.2) is 24.3 Å². The lowest BCUT2D eigenvalue weighted by Gasteiger charge is -2.24. The number of likely N-dealkylation sites (N-methyl/N-ethyl adjacent to an activating group) is 1. The molecule has 0 aromatic heterocycles. The van der Waals surface area contributed by atoms with Gasteiger partial charge in [-0.25, -0.2) is 4.57 Å². The molecular weight excluding hydrogens is 545 g/mol. The summed E-state index contributed by atoms with van der Waals surface area (Å²) in [6.07, 6.45) is 21.3. The molecule has 0 radical (unpaired) electrons. The summed E-state index contributed by atoms with van der Waals surface area (Å²) in [4.78, 5) is 34.8. The summed E-state index contributed by atoms with van der Waals surface area (Å²) in [5.74, 6) is -0.836. The quantitative estimate of drug-likeness (QED) is 0.0343. The molecule has 41 heavy (non-hydrogen) atoms. The lowest BCUT2D eigenvalue weighted by Crippen LogP contribution is -2.37. The number of carbonyl (C=O) groups excluding carboxylic acids is 2. The molecule has 0 rings (SSSR count). The highest BCUT2D eigenvalue weighted by molar-refractivity contribution is 7.47. The van der Waals surface area contributed by atoms with Crippen molar-refractivity contribution in [3.05, 3.63) is 24.3 Å². The number of esters is 2.